The van der Waals surface area contributed by atoms with Gasteiger partial charge in [0.15, 0.2) is 12.4 Å². The molecule has 0 aliphatic rings. The Morgan fingerprint density at radius 3 is 2.64 bits per heavy atom. The van der Waals surface area contributed by atoms with E-state index in [0.29, 0.717) is 5.82 Å². The fraction of sp³-hybridized carbons (Fsp3) is 0.357. The molecule has 22 heavy (non-hydrogen) atoms. The maximum absolute atomic E-state index is 13.0. The van der Waals surface area contributed by atoms with Crippen molar-refractivity contribution in [3.63, 3.8) is 0 Å². The van der Waals surface area contributed by atoms with Crippen molar-refractivity contribution in [3.05, 3.63) is 42.0 Å². The van der Waals surface area contributed by atoms with Crippen LogP contribution >= 0.6 is 0 Å². The highest BCUT2D eigenvalue weighted by atomic mass is 19.1. The maximum atomic E-state index is 13.0. The van der Waals surface area contributed by atoms with E-state index in [4.69, 9.17) is 4.74 Å². The summed E-state index contributed by atoms with van der Waals surface area (Å²) in [7, 11) is 0. The van der Waals surface area contributed by atoms with Gasteiger partial charge >= 0.3 is 0 Å². The standard InChI is InChI=1S/C14H16F2N4O2/c1-9(2)20-8-18-19-13(20)6-17-14(21)7-22-12-4-10(15)3-11(16)5-12/h3-5,8-9H,6-7H2,1-2H3,(H,17,21). The van der Waals surface area contributed by atoms with Crippen LogP contribution in [0.1, 0.15) is 25.7 Å². The Balaban J connectivity index is 1.84. The summed E-state index contributed by atoms with van der Waals surface area (Å²) in [6, 6.07) is 2.91. The number of halogens is 2. The van der Waals surface area contributed by atoms with Gasteiger partial charge in [-0.05, 0) is 13.8 Å². The fourth-order valence-corrected chi connectivity index (χ4v) is 1.81. The summed E-state index contributed by atoms with van der Waals surface area (Å²) < 4.78 is 32.8. The van der Waals surface area contributed by atoms with E-state index in [0.717, 1.165) is 18.2 Å². The van der Waals surface area contributed by atoms with E-state index in [1.807, 2.05) is 18.4 Å². The van der Waals surface area contributed by atoms with Gasteiger partial charge in [-0.2, -0.15) is 0 Å². The molecule has 6 nitrogen and oxygen atoms in total. The second-order valence-corrected chi connectivity index (χ2v) is 4.92. The summed E-state index contributed by atoms with van der Waals surface area (Å²) in [5.74, 6) is -1.39. The maximum Gasteiger partial charge on any atom is 0.258 e. The van der Waals surface area contributed by atoms with E-state index in [9.17, 15) is 13.6 Å². The van der Waals surface area contributed by atoms with Crippen LogP contribution in [0.15, 0.2) is 24.5 Å². The van der Waals surface area contributed by atoms with Gasteiger partial charge in [0.05, 0.1) is 6.54 Å². The van der Waals surface area contributed by atoms with Crippen LogP contribution in [0.25, 0.3) is 0 Å². The number of benzene rings is 1. The van der Waals surface area contributed by atoms with E-state index >= 15 is 0 Å². The first-order valence-electron chi connectivity index (χ1n) is 6.69. The van der Waals surface area contributed by atoms with Gasteiger partial charge in [-0.25, -0.2) is 8.78 Å². The molecule has 0 fully saturated rings. The lowest BCUT2D eigenvalue weighted by Crippen LogP contribution is -2.29. The zero-order chi connectivity index (χ0) is 16.1. The van der Waals surface area contributed by atoms with Gasteiger partial charge < -0.3 is 14.6 Å². The van der Waals surface area contributed by atoms with Crippen molar-refractivity contribution in [1.82, 2.24) is 20.1 Å². The Morgan fingerprint density at radius 1 is 1.32 bits per heavy atom. The molecule has 0 bridgehead atoms. The third kappa shape index (κ3) is 4.24. The van der Waals surface area contributed by atoms with E-state index in [2.05, 4.69) is 15.5 Å². The summed E-state index contributed by atoms with van der Waals surface area (Å²) in [5.41, 5.74) is 0. The second-order valence-electron chi connectivity index (χ2n) is 4.92. The molecule has 2 aromatic rings. The zero-order valence-corrected chi connectivity index (χ0v) is 12.2. The fourth-order valence-electron chi connectivity index (χ4n) is 1.81. The van der Waals surface area contributed by atoms with Crippen molar-refractivity contribution in [3.8, 4) is 5.75 Å². The highest BCUT2D eigenvalue weighted by Gasteiger charge is 2.10. The van der Waals surface area contributed by atoms with Crippen LogP contribution in [0.2, 0.25) is 0 Å². The number of amides is 1. The SMILES string of the molecule is CC(C)n1cnnc1CNC(=O)COc1cc(F)cc(F)c1. The lowest BCUT2D eigenvalue weighted by Gasteiger charge is -2.11. The Labute approximate surface area is 126 Å². The Hall–Kier alpha value is -2.51. The van der Waals surface area contributed by atoms with Crippen molar-refractivity contribution in [2.24, 2.45) is 0 Å². The largest absolute Gasteiger partial charge is 0.484 e. The first kappa shape index (κ1) is 15.9. The molecule has 8 heteroatoms. The summed E-state index contributed by atoms with van der Waals surface area (Å²) in [6.45, 7) is 3.78. The third-order valence-electron chi connectivity index (χ3n) is 2.85. The zero-order valence-electron chi connectivity index (χ0n) is 12.2. The topological polar surface area (TPSA) is 69.0 Å². The molecule has 0 aliphatic heterocycles. The Morgan fingerprint density at radius 2 is 2.00 bits per heavy atom. The molecule has 118 valence electrons. The number of aromatic nitrogens is 3. The molecular weight excluding hydrogens is 294 g/mol. The van der Waals surface area contributed by atoms with Crippen molar-refractivity contribution in [1.29, 1.82) is 0 Å². The summed E-state index contributed by atoms with van der Waals surface area (Å²) >= 11 is 0. The van der Waals surface area contributed by atoms with E-state index in [1.54, 1.807) is 6.33 Å². The van der Waals surface area contributed by atoms with E-state index in [1.165, 1.54) is 0 Å². The number of carbonyl (C=O) groups excluding carboxylic acids is 1. The average Bonchev–Trinajstić information content (AvgIpc) is 2.90. The van der Waals surface area contributed by atoms with E-state index in [-0.39, 0.29) is 24.9 Å². The highest BCUT2D eigenvalue weighted by molar-refractivity contribution is 5.77. The molecular formula is C14H16F2N4O2. The van der Waals surface area contributed by atoms with Crippen molar-refractivity contribution in [2.45, 2.75) is 26.4 Å². The third-order valence-corrected chi connectivity index (χ3v) is 2.85. The van der Waals surface area contributed by atoms with Crippen LogP contribution in [0.5, 0.6) is 5.75 Å². The highest BCUT2D eigenvalue weighted by Crippen LogP contribution is 2.15. The first-order chi connectivity index (χ1) is 10.5. The number of hydrogen-bond acceptors (Lipinski definition) is 4. The number of rotatable bonds is 6. The quantitative estimate of drug-likeness (QED) is 0.884. The molecule has 0 atom stereocenters. The molecule has 1 N–H and O–H groups in total. The number of ether oxygens (including phenoxy) is 1. The minimum absolute atomic E-state index is 0.0435. The molecule has 0 saturated carbocycles. The molecule has 0 aliphatic carbocycles. The second kappa shape index (κ2) is 6.97. The molecule has 0 spiro atoms. The Bertz CT molecular complexity index is 638. The van der Waals surface area contributed by atoms with Crippen molar-refractivity contribution < 1.29 is 18.3 Å². The average molecular weight is 310 g/mol. The number of carbonyl (C=O) groups is 1. The lowest BCUT2D eigenvalue weighted by molar-refractivity contribution is -0.123. The van der Waals surface area contributed by atoms with Gasteiger partial charge in [-0.3, -0.25) is 4.79 Å². The normalized spacial score (nSPS) is 10.8. The van der Waals surface area contributed by atoms with Gasteiger partial charge in [0.25, 0.3) is 5.91 Å². The molecule has 0 unspecified atom stereocenters. The summed E-state index contributed by atoms with van der Waals surface area (Å²) in [6.07, 6.45) is 1.58. The van der Waals surface area contributed by atoms with E-state index < -0.39 is 17.5 Å². The van der Waals surface area contributed by atoms with Gasteiger partial charge in [0.1, 0.15) is 23.7 Å². The van der Waals surface area contributed by atoms with Gasteiger partial charge in [-0.15, -0.1) is 10.2 Å². The van der Waals surface area contributed by atoms with Crippen molar-refractivity contribution >= 4 is 5.91 Å². The Kier molecular flexibility index (Phi) is 5.03. The molecule has 1 aromatic heterocycles. The molecule has 0 saturated heterocycles. The number of nitrogens with one attached hydrogen (secondary N) is 1. The van der Waals surface area contributed by atoms with Crippen LogP contribution in [0.4, 0.5) is 8.78 Å². The minimum atomic E-state index is -0.763. The van der Waals surface area contributed by atoms with Gasteiger partial charge in [0.2, 0.25) is 0 Å². The molecule has 0 radical (unpaired) electrons. The van der Waals surface area contributed by atoms with Crippen LogP contribution in [-0.2, 0) is 11.3 Å². The number of nitrogens with zero attached hydrogens (tertiary/aromatic N) is 3. The number of hydrogen-bond donors (Lipinski definition) is 1. The molecule has 2 rings (SSSR count). The van der Waals surface area contributed by atoms with Gasteiger partial charge in [-0.1, -0.05) is 0 Å². The lowest BCUT2D eigenvalue weighted by atomic mass is 10.3. The predicted molar refractivity (Wildman–Crippen MR) is 74.1 cm³/mol. The van der Waals surface area contributed by atoms with Crippen LogP contribution in [0, 0.1) is 11.6 Å². The predicted octanol–water partition coefficient (Wildman–Crippen LogP) is 1.83. The van der Waals surface area contributed by atoms with Crippen LogP contribution in [-0.4, -0.2) is 27.3 Å². The van der Waals surface area contributed by atoms with Crippen LogP contribution < -0.4 is 10.1 Å². The van der Waals surface area contributed by atoms with Crippen LogP contribution in [0.3, 0.4) is 0 Å². The van der Waals surface area contributed by atoms with Crippen molar-refractivity contribution in [2.75, 3.05) is 6.61 Å². The van der Waals surface area contributed by atoms with Gasteiger partial charge in [0, 0.05) is 24.2 Å². The monoisotopic (exact) mass is 310 g/mol. The molecule has 1 heterocycles. The first-order valence-corrected chi connectivity index (χ1v) is 6.69. The summed E-state index contributed by atoms with van der Waals surface area (Å²) in [4.78, 5) is 11.7. The molecule has 1 aromatic carbocycles. The minimum Gasteiger partial charge on any atom is -0.484 e. The summed E-state index contributed by atoms with van der Waals surface area (Å²) in [5, 5.41) is 10.3. The molecule has 1 amide bonds. The smallest absolute Gasteiger partial charge is 0.258 e.